The normalized spacial score (nSPS) is 11.5. The van der Waals surface area contributed by atoms with E-state index in [4.69, 9.17) is 29.3 Å². The number of fused-ring (bicyclic) bond motifs is 6. The molecule has 6 aromatic carbocycles. The maximum absolute atomic E-state index is 6.43. The monoisotopic (exact) mass is 653 g/mol. The standard InChI is InChI=1S/C45H27N5O/c1-3-13-29(14-4-1)42-48-43(30-15-5-2-6-16-30)50-44(49-42)32-18-11-17-31(26-32)37-27-38(47-45-40(37)36-20-9-10-21-39(36)51-45)41-35-23-22-28-12-7-8-19-33(28)34(35)24-25-46-41/h1-27H. The summed E-state index contributed by atoms with van der Waals surface area (Å²) in [5, 5.41) is 6.48. The molecule has 10 rings (SSSR count). The van der Waals surface area contributed by atoms with E-state index in [2.05, 4.69) is 72.8 Å². The topological polar surface area (TPSA) is 77.6 Å². The second-order valence-corrected chi connectivity index (χ2v) is 12.5. The van der Waals surface area contributed by atoms with E-state index in [9.17, 15) is 0 Å². The molecule has 0 aliphatic heterocycles. The van der Waals surface area contributed by atoms with Crippen LogP contribution in [0.15, 0.2) is 168 Å². The van der Waals surface area contributed by atoms with Crippen molar-refractivity contribution >= 4 is 43.6 Å². The average Bonchev–Trinajstić information content (AvgIpc) is 3.59. The summed E-state index contributed by atoms with van der Waals surface area (Å²) >= 11 is 0. The predicted octanol–water partition coefficient (Wildman–Crippen LogP) is 11.2. The largest absolute Gasteiger partial charge is 0.438 e. The summed E-state index contributed by atoms with van der Waals surface area (Å²) in [5.74, 6) is 1.83. The molecule has 0 aliphatic carbocycles. The lowest BCUT2D eigenvalue weighted by Crippen LogP contribution is -2.00. The van der Waals surface area contributed by atoms with E-state index in [1.807, 2.05) is 91.1 Å². The summed E-state index contributed by atoms with van der Waals surface area (Å²) in [6.07, 6.45) is 1.87. The summed E-state index contributed by atoms with van der Waals surface area (Å²) in [6, 6.07) is 53.4. The Morgan fingerprint density at radius 1 is 0.412 bits per heavy atom. The lowest BCUT2D eigenvalue weighted by molar-refractivity contribution is 0.654. The lowest BCUT2D eigenvalue weighted by Gasteiger charge is -2.12. The minimum absolute atomic E-state index is 0.562. The number of para-hydroxylation sites is 1. The predicted molar refractivity (Wildman–Crippen MR) is 205 cm³/mol. The molecule has 0 radical (unpaired) electrons. The van der Waals surface area contributed by atoms with Crippen molar-refractivity contribution in [2.75, 3.05) is 0 Å². The van der Waals surface area contributed by atoms with Crippen LogP contribution < -0.4 is 0 Å². The molecule has 51 heavy (non-hydrogen) atoms. The van der Waals surface area contributed by atoms with E-state index in [1.54, 1.807) is 0 Å². The Balaban J connectivity index is 1.19. The highest BCUT2D eigenvalue weighted by Gasteiger charge is 2.20. The van der Waals surface area contributed by atoms with Crippen LogP contribution in [0.25, 0.3) is 100 Å². The molecule has 0 fully saturated rings. The molecule has 10 aromatic rings. The van der Waals surface area contributed by atoms with Crippen LogP contribution >= 0.6 is 0 Å². The molecular weight excluding hydrogens is 627 g/mol. The van der Waals surface area contributed by atoms with Gasteiger partial charge in [-0.25, -0.2) is 19.9 Å². The van der Waals surface area contributed by atoms with Crippen LogP contribution in [0.3, 0.4) is 0 Å². The Labute approximate surface area is 292 Å². The van der Waals surface area contributed by atoms with Gasteiger partial charge in [0.2, 0.25) is 5.71 Å². The fourth-order valence-electron chi connectivity index (χ4n) is 6.98. The summed E-state index contributed by atoms with van der Waals surface area (Å²) in [7, 11) is 0. The number of aromatic nitrogens is 5. The van der Waals surface area contributed by atoms with Gasteiger partial charge in [-0.2, -0.15) is 0 Å². The molecule has 0 atom stereocenters. The number of nitrogens with zero attached hydrogens (tertiary/aromatic N) is 5. The zero-order valence-electron chi connectivity index (χ0n) is 27.2. The fourth-order valence-corrected chi connectivity index (χ4v) is 6.98. The Morgan fingerprint density at radius 2 is 1.04 bits per heavy atom. The van der Waals surface area contributed by atoms with E-state index in [-0.39, 0.29) is 0 Å². The molecular formula is C45H27N5O. The van der Waals surface area contributed by atoms with Crippen LogP contribution in [0.4, 0.5) is 0 Å². The van der Waals surface area contributed by atoms with Crippen molar-refractivity contribution in [3.05, 3.63) is 164 Å². The smallest absolute Gasteiger partial charge is 0.228 e. The maximum Gasteiger partial charge on any atom is 0.228 e. The van der Waals surface area contributed by atoms with Gasteiger partial charge in [-0.05, 0) is 51.6 Å². The van der Waals surface area contributed by atoms with E-state index < -0.39 is 0 Å². The molecule has 6 heteroatoms. The van der Waals surface area contributed by atoms with Crippen LogP contribution in [0.5, 0.6) is 0 Å². The van der Waals surface area contributed by atoms with Gasteiger partial charge in [0.25, 0.3) is 0 Å². The number of benzene rings is 6. The highest BCUT2D eigenvalue weighted by Crippen LogP contribution is 2.40. The van der Waals surface area contributed by atoms with Crippen molar-refractivity contribution in [2.45, 2.75) is 0 Å². The molecule has 238 valence electrons. The zero-order valence-corrected chi connectivity index (χ0v) is 27.2. The third-order valence-corrected chi connectivity index (χ3v) is 9.39. The van der Waals surface area contributed by atoms with Crippen molar-refractivity contribution in [3.8, 4) is 56.7 Å². The van der Waals surface area contributed by atoms with Crippen LogP contribution in [0, 0.1) is 0 Å². The van der Waals surface area contributed by atoms with Gasteiger partial charge in [0.05, 0.1) is 16.8 Å². The number of hydrogen-bond donors (Lipinski definition) is 0. The first-order valence-electron chi connectivity index (χ1n) is 16.8. The first kappa shape index (κ1) is 28.9. The third kappa shape index (κ3) is 5.01. The SMILES string of the molecule is c1ccc(-c2nc(-c3ccccc3)nc(-c3cccc(-c4cc(-c5nccc6c5ccc5ccccc56)nc5oc6ccccc6c45)c3)n2)cc1. The van der Waals surface area contributed by atoms with Crippen LogP contribution in [-0.4, -0.2) is 24.9 Å². The zero-order chi connectivity index (χ0) is 33.7. The summed E-state index contributed by atoms with van der Waals surface area (Å²) < 4.78 is 6.43. The first-order valence-corrected chi connectivity index (χ1v) is 16.8. The van der Waals surface area contributed by atoms with Gasteiger partial charge in [0.15, 0.2) is 17.5 Å². The molecule has 0 spiro atoms. The van der Waals surface area contributed by atoms with Gasteiger partial charge < -0.3 is 4.42 Å². The van der Waals surface area contributed by atoms with Gasteiger partial charge in [0.1, 0.15) is 5.58 Å². The molecule has 6 nitrogen and oxygen atoms in total. The quantitative estimate of drug-likeness (QED) is 0.172. The highest BCUT2D eigenvalue weighted by atomic mass is 16.3. The molecule has 0 aliphatic rings. The van der Waals surface area contributed by atoms with E-state index in [0.717, 1.165) is 66.3 Å². The van der Waals surface area contributed by atoms with E-state index in [1.165, 1.54) is 10.8 Å². The Bertz CT molecular complexity index is 2860. The molecule has 0 N–H and O–H groups in total. The number of pyridine rings is 2. The van der Waals surface area contributed by atoms with Crippen molar-refractivity contribution in [3.63, 3.8) is 0 Å². The lowest BCUT2D eigenvalue weighted by atomic mass is 9.96. The Kier molecular flexibility index (Phi) is 6.70. The minimum atomic E-state index is 0.562. The number of hydrogen-bond acceptors (Lipinski definition) is 6. The van der Waals surface area contributed by atoms with Gasteiger partial charge in [0, 0.05) is 33.7 Å². The van der Waals surface area contributed by atoms with Crippen molar-refractivity contribution in [1.82, 2.24) is 24.9 Å². The van der Waals surface area contributed by atoms with E-state index in [0.29, 0.717) is 23.2 Å². The Morgan fingerprint density at radius 3 is 1.80 bits per heavy atom. The van der Waals surface area contributed by atoms with Crippen LogP contribution in [0.1, 0.15) is 0 Å². The summed E-state index contributed by atoms with van der Waals surface area (Å²) in [6.45, 7) is 0. The second kappa shape index (κ2) is 11.8. The van der Waals surface area contributed by atoms with Crippen LogP contribution in [-0.2, 0) is 0 Å². The number of furan rings is 1. The summed E-state index contributed by atoms with van der Waals surface area (Å²) in [5.41, 5.74) is 7.58. The van der Waals surface area contributed by atoms with Crippen molar-refractivity contribution < 1.29 is 4.42 Å². The fraction of sp³-hybridized carbons (Fsp3) is 0. The molecule has 4 heterocycles. The van der Waals surface area contributed by atoms with Gasteiger partial charge >= 0.3 is 0 Å². The van der Waals surface area contributed by atoms with Crippen LogP contribution in [0.2, 0.25) is 0 Å². The number of rotatable bonds is 5. The molecule has 0 bridgehead atoms. The minimum Gasteiger partial charge on any atom is -0.438 e. The molecule has 4 aromatic heterocycles. The van der Waals surface area contributed by atoms with Gasteiger partial charge in [-0.3, -0.25) is 4.98 Å². The molecule has 0 saturated carbocycles. The third-order valence-electron chi connectivity index (χ3n) is 9.39. The van der Waals surface area contributed by atoms with Gasteiger partial charge in [-0.15, -0.1) is 0 Å². The second-order valence-electron chi connectivity index (χ2n) is 12.5. The molecule has 0 amide bonds. The van der Waals surface area contributed by atoms with Crippen molar-refractivity contribution in [1.29, 1.82) is 0 Å². The molecule has 0 saturated heterocycles. The molecule has 0 unspecified atom stereocenters. The highest BCUT2D eigenvalue weighted by molar-refractivity contribution is 6.14. The van der Waals surface area contributed by atoms with Gasteiger partial charge in [-0.1, -0.05) is 133 Å². The maximum atomic E-state index is 6.43. The average molecular weight is 654 g/mol. The van der Waals surface area contributed by atoms with Crippen molar-refractivity contribution in [2.24, 2.45) is 0 Å². The Hall–Kier alpha value is -7.05. The van der Waals surface area contributed by atoms with E-state index >= 15 is 0 Å². The summed E-state index contributed by atoms with van der Waals surface area (Å²) in [4.78, 5) is 24.9. The first-order chi connectivity index (χ1) is 25.3.